The highest BCUT2D eigenvalue weighted by Crippen LogP contribution is 2.43. The Balaban J connectivity index is 0.000000759. The Labute approximate surface area is 252 Å². The molecular formula is C31H43BrN4O5. The third-order valence-corrected chi connectivity index (χ3v) is 6.92. The van der Waals surface area contributed by atoms with Crippen molar-refractivity contribution in [2.45, 2.75) is 58.9 Å². The molecule has 0 spiro atoms. The predicted octanol–water partition coefficient (Wildman–Crippen LogP) is 5.11. The fraction of sp³-hybridized carbons (Fsp3) is 0.516. The van der Waals surface area contributed by atoms with Crippen molar-refractivity contribution in [1.29, 1.82) is 5.26 Å². The maximum atomic E-state index is 11.4. The van der Waals surface area contributed by atoms with Gasteiger partial charge < -0.3 is 19.4 Å². The second-order valence-electron chi connectivity index (χ2n) is 9.65. The summed E-state index contributed by atoms with van der Waals surface area (Å²) in [5.74, 6) is 1.30. The molecule has 0 bridgehead atoms. The van der Waals surface area contributed by atoms with Crippen LogP contribution in [0, 0.1) is 17.2 Å². The molecule has 2 aromatic rings. The molecule has 4 rings (SSSR count). The number of aldehydes is 1. The van der Waals surface area contributed by atoms with Crippen molar-refractivity contribution in [2.24, 2.45) is 10.9 Å². The number of nitrogens with zero attached hydrogens (tertiary/aromatic N) is 3. The number of hydrogen-bond donors (Lipinski definition) is 2. The summed E-state index contributed by atoms with van der Waals surface area (Å²) in [5.41, 5.74) is 7.38. The Morgan fingerprint density at radius 1 is 1.32 bits per heavy atom. The zero-order valence-electron chi connectivity index (χ0n) is 24.9. The van der Waals surface area contributed by atoms with Crippen LogP contribution in [0.2, 0.25) is 0 Å². The maximum absolute atomic E-state index is 11.4. The van der Waals surface area contributed by atoms with E-state index in [9.17, 15) is 15.2 Å². The van der Waals surface area contributed by atoms with Gasteiger partial charge in [0.2, 0.25) is 6.23 Å². The first-order valence-electron chi connectivity index (χ1n) is 14.0. The largest absolute Gasteiger partial charge is 0.490 e. The summed E-state index contributed by atoms with van der Waals surface area (Å²) in [6.07, 6.45) is 1.55. The van der Waals surface area contributed by atoms with Gasteiger partial charge >= 0.3 is 0 Å². The molecule has 0 saturated carbocycles. The quantitative estimate of drug-likeness (QED) is 0.260. The first-order chi connectivity index (χ1) is 19.9. The number of likely N-dealkylation sites (N-methyl/N-ethyl adjacent to an activating group) is 1. The second-order valence-corrected chi connectivity index (χ2v) is 10.4. The van der Waals surface area contributed by atoms with Gasteiger partial charge in [-0.2, -0.15) is 5.26 Å². The number of methoxy groups -OCH3 is 1. The summed E-state index contributed by atoms with van der Waals surface area (Å²) in [5, 5.41) is 19.9. The molecule has 2 N–H and O–H groups in total. The minimum absolute atomic E-state index is 0.0320. The van der Waals surface area contributed by atoms with Gasteiger partial charge in [0.05, 0.1) is 24.9 Å². The molecule has 41 heavy (non-hydrogen) atoms. The van der Waals surface area contributed by atoms with E-state index in [2.05, 4.69) is 43.2 Å². The summed E-state index contributed by atoms with van der Waals surface area (Å²) in [6.45, 7) is 9.23. The third kappa shape index (κ3) is 9.09. The molecule has 10 heteroatoms. The average molecular weight is 632 g/mol. The van der Waals surface area contributed by atoms with Crippen molar-refractivity contribution < 1.29 is 24.2 Å². The van der Waals surface area contributed by atoms with Gasteiger partial charge in [-0.3, -0.25) is 4.90 Å². The normalized spacial score (nSPS) is 18.8. The lowest BCUT2D eigenvalue weighted by Crippen LogP contribution is -2.30. The Morgan fingerprint density at radius 2 is 2.07 bits per heavy atom. The number of carbonyl (C=O) groups is 1. The first kappa shape index (κ1) is 34.4. The fourth-order valence-corrected chi connectivity index (χ4v) is 5.28. The van der Waals surface area contributed by atoms with Crippen LogP contribution < -0.4 is 10.2 Å². The molecule has 0 radical (unpaired) electrons. The molecular weight excluding hydrogens is 588 g/mol. The number of aliphatic hydroxyl groups is 1. The smallest absolute Gasteiger partial charge is 0.202 e. The molecule has 0 amide bonds. The van der Waals surface area contributed by atoms with Gasteiger partial charge in [-0.15, -0.1) is 0 Å². The van der Waals surface area contributed by atoms with Crippen LogP contribution in [0.5, 0.6) is 5.75 Å². The molecule has 224 valence electrons. The molecule has 1 aliphatic carbocycles. The van der Waals surface area contributed by atoms with E-state index in [4.69, 9.17) is 14.6 Å². The summed E-state index contributed by atoms with van der Waals surface area (Å²) in [6, 6.07) is 13.7. The Morgan fingerprint density at radius 3 is 2.66 bits per heavy atom. The van der Waals surface area contributed by atoms with E-state index >= 15 is 0 Å². The van der Waals surface area contributed by atoms with Crippen molar-refractivity contribution >= 4 is 28.1 Å². The number of hydrogen-bond acceptors (Lipinski definition) is 9. The highest BCUT2D eigenvalue weighted by molar-refractivity contribution is 9.09. The molecule has 0 aromatic heterocycles. The number of nitriles is 1. The SMILES string of the molecule is CC.CC(C)Oc1ccc(C2N=C(c3cccc4c3CC(CC=O)C4N(C)CCO)NO2)cc1C#N.COCCBr. The van der Waals surface area contributed by atoms with Gasteiger partial charge in [0, 0.05) is 42.6 Å². The van der Waals surface area contributed by atoms with E-state index in [1.54, 1.807) is 19.2 Å². The lowest BCUT2D eigenvalue weighted by atomic mass is 9.96. The molecule has 2 aromatic carbocycles. The van der Waals surface area contributed by atoms with Crippen molar-refractivity contribution in [3.8, 4) is 11.8 Å². The Bertz CT molecular complexity index is 1180. The number of carbonyl (C=O) groups excluding carboxylic acids is 1. The maximum Gasteiger partial charge on any atom is 0.202 e. The average Bonchev–Trinajstić information content (AvgIpc) is 3.60. The van der Waals surface area contributed by atoms with E-state index in [1.165, 1.54) is 0 Å². The molecule has 3 atom stereocenters. The summed E-state index contributed by atoms with van der Waals surface area (Å²) in [7, 11) is 3.66. The number of amidine groups is 1. The number of nitrogens with one attached hydrogen (secondary N) is 1. The molecule has 1 heterocycles. The number of alkyl halides is 1. The van der Waals surface area contributed by atoms with Gasteiger partial charge in [0.25, 0.3) is 0 Å². The number of fused-ring (bicyclic) bond motifs is 1. The van der Waals surface area contributed by atoms with Gasteiger partial charge in [-0.25, -0.2) is 15.3 Å². The Hall–Kier alpha value is -2.81. The van der Waals surface area contributed by atoms with Crippen LogP contribution >= 0.6 is 15.9 Å². The number of ether oxygens (including phenoxy) is 2. The number of hydroxylamine groups is 1. The number of aliphatic imine (C=N–C) groups is 1. The van der Waals surface area contributed by atoms with Crippen LogP contribution in [0.25, 0.3) is 0 Å². The molecule has 0 fully saturated rings. The van der Waals surface area contributed by atoms with E-state index in [-0.39, 0.29) is 24.7 Å². The van der Waals surface area contributed by atoms with E-state index in [0.717, 1.165) is 46.9 Å². The van der Waals surface area contributed by atoms with Gasteiger partial charge in [0.1, 0.15) is 18.1 Å². The highest BCUT2D eigenvalue weighted by Gasteiger charge is 2.37. The Kier molecular flexibility index (Phi) is 15.0. The highest BCUT2D eigenvalue weighted by atomic mass is 79.9. The van der Waals surface area contributed by atoms with Crippen molar-refractivity contribution in [3.05, 3.63) is 64.2 Å². The van der Waals surface area contributed by atoms with Crippen LogP contribution in [0.1, 0.15) is 74.2 Å². The molecule has 0 saturated heterocycles. The van der Waals surface area contributed by atoms with Crippen LogP contribution in [0.15, 0.2) is 41.4 Å². The van der Waals surface area contributed by atoms with E-state index in [1.807, 2.05) is 52.9 Å². The van der Waals surface area contributed by atoms with E-state index in [0.29, 0.717) is 30.1 Å². The minimum atomic E-state index is -0.592. The van der Waals surface area contributed by atoms with Crippen LogP contribution in [-0.2, 0) is 20.8 Å². The van der Waals surface area contributed by atoms with Crippen LogP contribution in [0.4, 0.5) is 0 Å². The van der Waals surface area contributed by atoms with Crippen molar-refractivity contribution in [2.75, 3.05) is 39.2 Å². The second kappa shape index (κ2) is 17.9. The predicted molar refractivity (Wildman–Crippen MR) is 164 cm³/mol. The number of aliphatic hydroxyl groups excluding tert-OH is 1. The lowest BCUT2D eigenvalue weighted by Gasteiger charge is -2.29. The fourth-order valence-electron chi connectivity index (χ4n) is 4.96. The molecule has 9 nitrogen and oxygen atoms in total. The van der Waals surface area contributed by atoms with Gasteiger partial charge in [-0.05, 0) is 56.5 Å². The number of rotatable bonds is 11. The van der Waals surface area contributed by atoms with Crippen molar-refractivity contribution in [1.82, 2.24) is 10.4 Å². The zero-order chi connectivity index (χ0) is 30.4. The van der Waals surface area contributed by atoms with Crippen LogP contribution in [-0.4, -0.2) is 67.5 Å². The van der Waals surface area contributed by atoms with Gasteiger partial charge in [0.15, 0.2) is 5.84 Å². The first-order valence-corrected chi connectivity index (χ1v) is 15.1. The summed E-state index contributed by atoms with van der Waals surface area (Å²) >= 11 is 3.18. The monoisotopic (exact) mass is 630 g/mol. The summed E-state index contributed by atoms with van der Waals surface area (Å²) in [4.78, 5) is 24.0. The molecule has 3 unspecified atom stereocenters. The third-order valence-electron chi connectivity index (χ3n) is 6.59. The number of halogens is 1. The molecule has 2 aliphatic rings. The standard InChI is InChI=1S/C26H30N4O4.C3H7BrO.C2H6/c1-16(2)33-23-8-7-18(13-19(23)15-27)26-28-25(29-34-26)21-6-4-5-20-22(21)14-17(9-11-31)24(20)30(3)10-12-32;1-5-3-2-4;1-2/h4-8,11,13,16-17,24,26,32H,9-10,12,14H2,1-3H3,(H,28,29);2-3H2,1H3;1-2H3. The van der Waals surface area contributed by atoms with Crippen molar-refractivity contribution in [3.63, 3.8) is 0 Å². The topological polar surface area (TPSA) is 116 Å². The molecule has 1 aliphatic heterocycles. The van der Waals surface area contributed by atoms with Gasteiger partial charge in [-0.1, -0.05) is 54.0 Å². The summed E-state index contributed by atoms with van der Waals surface area (Å²) < 4.78 is 10.4. The number of benzene rings is 2. The lowest BCUT2D eigenvalue weighted by molar-refractivity contribution is -0.109. The zero-order valence-corrected chi connectivity index (χ0v) is 26.5. The van der Waals surface area contributed by atoms with E-state index < -0.39 is 6.23 Å². The minimum Gasteiger partial charge on any atom is -0.490 e. The van der Waals surface area contributed by atoms with Crippen LogP contribution in [0.3, 0.4) is 0 Å².